The van der Waals surface area contributed by atoms with Crippen LogP contribution in [0, 0.1) is 17.1 Å². The van der Waals surface area contributed by atoms with Gasteiger partial charge in [0.1, 0.15) is 16.9 Å². The number of nitrogens with zero attached hydrogens (tertiary/aromatic N) is 3. The molecule has 1 saturated heterocycles. The number of halogens is 5. The first-order valence-corrected chi connectivity index (χ1v) is 11.7. The van der Waals surface area contributed by atoms with Gasteiger partial charge in [0.25, 0.3) is 11.5 Å². The van der Waals surface area contributed by atoms with Crippen LogP contribution >= 0.6 is 11.6 Å². The van der Waals surface area contributed by atoms with Crippen LogP contribution in [-0.4, -0.2) is 28.5 Å². The number of hydrogen-bond donors (Lipinski definition) is 1. The van der Waals surface area contributed by atoms with Crippen molar-refractivity contribution in [2.75, 3.05) is 18.4 Å². The first-order valence-electron chi connectivity index (χ1n) is 11.3. The number of nitriles is 1. The maximum atomic E-state index is 13.5. The number of benzene rings is 2. The van der Waals surface area contributed by atoms with Gasteiger partial charge in [-0.25, -0.2) is 4.39 Å². The number of aryl methyl sites for hydroxylation is 1. The van der Waals surface area contributed by atoms with E-state index in [2.05, 4.69) is 5.32 Å². The van der Waals surface area contributed by atoms with Gasteiger partial charge in [-0.2, -0.15) is 18.4 Å². The highest BCUT2D eigenvalue weighted by Gasteiger charge is 2.32. The summed E-state index contributed by atoms with van der Waals surface area (Å²) in [6.07, 6.45) is -2.17. The fraction of sp³-hybridized carbons (Fsp3) is 0.269. The number of hydrogen-bond acceptors (Lipinski definition) is 4. The van der Waals surface area contributed by atoms with Crippen LogP contribution in [0.1, 0.15) is 45.8 Å². The lowest BCUT2D eigenvalue weighted by Crippen LogP contribution is -2.39. The van der Waals surface area contributed by atoms with Gasteiger partial charge >= 0.3 is 6.18 Å². The zero-order valence-electron chi connectivity index (χ0n) is 19.6. The highest BCUT2D eigenvalue weighted by Crippen LogP contribution is 2.36. The molecule has 0 spiro atoms. The van der Waals surface area contributed by atoms with Crippen LogP contribution in [0.3, 0.4) is 0 Å². The third kappa shape index (κ3) is 5.47. The maximum absolute atomic E-state index is 13.5. The predicted octanol–water partition coefficient (Wildman–Crippen LogP) is 5.83. The molecule has 0 aliphatic carbocycles. The molecule has 1 aliphatic rings. The summed E-state index contributed by atoms with van der Waals surface area (Å²) in [5.41, 5.74) is -1.26. The van der Waals surface area contributed by atoms with Crippen LogP contribution in [-0.2, 0) is 13.2 Å². The summed E-state index contributed by atoms with van der Waals surface area (Å²) < 4.78 is 54.3. The fourth-order valence-electron chi connectivity index (χ4n) is 4.36. The second-order valence-electron chi connectivity index (χ2n) is 8.76. The average Bonchev–Trinajstić information content (AvgIpc) is 2.88. The average molecular weight is 533 g/mol. The molecule has 6 nitrogen and oxygen atoms in total. The van der Waals surface area contributed by atoms with E-state index in [-0.39, 0.29) is 34.2 Å². The number of piperidine rings is 1. The van der Waals surface area contributed by atoms with Crippen molar-refractivity contribution in [1.29, 1.82) is 5.26 Å². The van der Waals surface area contributed by atoms with Crippen molar-refractivity contribution >= 4 is 28.9 Å². The van der Waals surface area contributed by atoms with Crippen molar-refractivity contribution < 1.29 is 22.4 Å². The van der Waals surface area contributed by atoms with E-state index in [0.29, 0.717) is 25.9 Å². The number of carbonyl (C=O) groups excluding carboxylic acids is 1. The number of amides is 1. The van der Waals surface area contributed by atoms with Gasteiger partial charge in [0, 0.05) is 26.3 Å². The minimum Gasteiger partial charge on any atom is -0.352 e. The molecule has 0 bridgehead atoms. The first-order chi connectivity index (χ1) is 17.5. The van der Waals surface area contributed by atoms with E-state index in [1.54, 1.807) is 23.1 Å². The number of alkyl halides is 3. The van der Waals surface area contributed by atoms with Gasteiger partial charge in [0.2, 0.25) is 0 Å². The molecule has 192 valence electrons. The van der Waals surface area contributed by atoms with Crippen LogP contribution in [0.25, 0.3) is 0 Å². The van der Waals surface area contributed by atoms with Gasteiger partial charge in [-0.05, 0) is 54.7 Å². The number of anilines is 2. The van der Waals surface area contributed by atoms with Crippen molar-refractivity contribution in [3.63, 3.8) is 0 Å². The Kier molecular flexibility index (Phi) is 7.28. The molecule has 3 aromatic rings. The van der Waals surface area contributed by atoms with Gasteiger partial charge in [0.15, 0.2) is 0 Å². The van der Waals surface area contributed by atoms with E-state index in [9.17, 15) is 32.4 Å². The Hall–Kier alpha value is -3.84. The summed E-state index contributed by atoms with van der Waals surface area (Å²) in [4.78, 5) is 27.6. The topological polar surface area (TPSA) is 78.1 Å². The monoisotopic (exact) mass is 532 g/mol. The second kappa shape index (κ2) is 10.3. The molecule has 0 atom stereocenters. The van der Waals surface area contributed by atoms with Crippen molar-refractivity contribution in [2.45, 2.75) is 24.9 Å². The third-order valence-corrected chi connectivity index (χ3v) is 6.75. The molecule has 1 aliphatic heterocycles. The highest BCUT2D eigenvalue weighted by molar-refractivity contribution is 6.34. The Balaban J connectivity index is 1.65. The number of nitrogens with one attached hydrogen (secondary N) is 1. The molecule has 2 heterocycles. The lowest BCUT2D eigenvalue weighted by molar-refractivity contribution is -0.137. The number of likely N-dealkylation sites (tertiary alicyclic amines) is 1. The van der Waals surface area contributed by atoms with Crippen molar-refractivity contribution in [3.05, 3.63) is 92.1 Å². The second-order valence-corrected chi connectivity index (χ2v) is 9.14. The molecule has 37 heavy (non-hydrogen) atoms. The molecule has 0 saturated carbocycles. The normalized spacial score (nSPS) is 14.4. The maximum Gasteiger partial charge on any atom is 0.416 e. The summed E-state index contributed by atoms with van der Waals surface area (Å²) in [6, 6.07) is 10.5. The van der Waals surface area contributed by atoms with Crippen molar-refractivity contribution in [1.82, 2.24) is 9.47 Å². The van der Waals surface area contributed by atoms with Crippen LogP contribution in [0.2, 0.25) is 5.02 Å². The quantitative estimate of drug-likeness (QED) is 0.429. The summed E-state index contributed by atoms with van der Waals surface area (Å²) in [5.74, 6) is -0.666. The molecule has 4 rings (SSSR count). The Morgan fingerprint density at radius 2 is 1.78 bits per heavy atom. The zero-order chi connectivity index (χ0) is 26.9. The van der Waals surface area contributed by atoms with E-state index < -0.39 is 28.2 Å². The summed E-state index contributed by atoms with van der Waals surface area (Å²) >= 11 is 6.28. The Labute approximate surface area is 214 Å². The van der Waals surface area contributed by atoms with Crippen LogP contribution < -0.4 is 10.9 Å². The van der Waals surface area contributed by atoms with Gasteiger partial charge in [-0.15, -0.1) is 0 Å². The van der Waals surface area contributed by atoms with Crippen molar-refractivity contribution in [2.24, 2.45) is 7.05 Å². The number of carbonyl (C=O) groups is 1. The number of pyridine rings is 1. The molecule has 1 fully saturated rings. The van der Waals surface area contributed by atoms with Crippen molar-refractivity contribution in [3.8, 4) is 6.07 Å². The van der Waals surface area contributed by atoms with E-state index in [1.165, 1.54) is 25.4 Å². The van der Waals surface area contributed by atoms with E-state index in [4.69, 9.17) is 11.6 Å². The molecule has 1 amide bonds. The minimum atomic E-state index is -4.67. The minimum absolute atomic E-state index is 0.0198. The Bertz CT molecular complexity index is 1440. The van der Waals surface area contributed by atoms with Crippen LogP contribution in [0.5, 0.6) is 0 Å². The summed E-state index contributed by atoms with van der Waals surface area (Å²) in [6.45, 7) is 0.738. The molecule has 0 unspecified atom stereocenters. The van der Waals surface area contributed by atoms with Gasteiger partial charge in [-0.1, -0.05) is 23.7 Å². The highest BCUT2D eigenvalue weighted by atomic mass is 35.5. The summed E-state index contributed by atoms with van der Waals surface area (Å²) in [7, 11) is 1.40. The molecule has 1 N–H and O–H groups in total. The molecular formula is C26H21ClF4N4O2. The standard InChI is InChI=1S/C26H21ClF4N4O2/c1-34-14-20(24(36)35-10-8-16(9-11-35)15-3-6-19(28)7-4-15)23(22(27)25(34)37)33-21-12-18(26(29,30)31)5-2-17(21)13-32/h2-7,12,14,16,33H,8-11H2,1H3. The van der Waals surface area contributed by atoms with Crippen LogP contribution in [0.4, 0.5) is 28.9 Å². The fourth-order valence-corrected chi connectivity index (χ4v) is 4.64. The molecule has 2 aromatic carbocycles. The summed E-state index contributed by atoms with van der Waals surface area (Å²) in [5, 5.41) is 11.7. The lowest BCUT2D eigenvalue weighted by atomic mass is 9.89. The largest absolute Gasteiger partial charge is 0.416 e. The smallest absolute Gasteiger partial charge is 0.352 e. The number of aromatic nitrogens is 1. The Morgan fingerprint density at radius 3 is 2.38 bits per heavy atom. The third-order valence-electron chi connectivity index (χ3n) is 6.40. The van der Waals surface area contributed by atoms with E-state index in [1.807, 2.05) is 0 Å². The van der Waals surface area contributed by atoms with Gasteiger partial charge in [-0.3, -0.25) is 9.59 Å². The molecule has 0 radical (unpaired) electrons. The number of rotatable bonds is 4. The first kappa shape index (κ1) is 26.2. The molecular weight excluding hydrogens is 512 g/mol. The van der Waals surface area contributed by atoms with Gasteiger partial charge < -0.3 is 14.8 Å². The predicted molar refractivity (Wildman–Crippen MR) is 130 cm³/mol. The van der Waals surface area contributed by atoms with E-state index in [0.717, 1.165) is 28.3 Å². The van der Waals surface area contributed by atoms with E-state index >= 15 is 0 Å². The zero-order valence-corrected chi connectivity index (χ0v) is 20.3. The molecule has 1 aromatic heterocycles. The molecule has 11 heteroatoms. The Morgan fingerprint density at radius 1 is 1.14 bits per heavy atom. The van der Waals surface area contributed by atoms with Gasteiger partial charge in [0.05, 0.1) is 28.1 Å². The lowest BCUT2D eigenvalue weighted by Gasteiger charge is -2.33. The SMILES string of the molecule is Cn1cc(C(=O)N2CCC(c3ccc(F)cc3)CC2)c(Nc2cc(C(F)(F)F)ccc2C#N)c(Cl)c1=O. The van der Waals surface area contributed by atoms with Crippen LogP contribution in [0.15, 0.2) is 53.5 Å².